The first-order chi connectivity index (χ1) is 10.3. The third-order valence-corrected chi connectivity index (χ3v) is 5.32. The van der Waals surface area contributed by atoms with Gasteiger partial charge in [-0.15, -0.1) is 0 Å². The maximum atomic E-state index is 12.2. The van der Waals surface area contributed by atoms with Crippen LogP contribution in [-0.2, 0) is 14.3 Å². The number of rotatable bonds is 2. The lowest BCUT2D eigenvalue weighted by atomic mass is 9.69. The Hall–Kier alpha value is -1.71. The molecule has 4 aliphatic heterocycles. The predicted molar refractivity (Wildman–Crippen MR) is 77.5 cm³/mol. The Labute approximate surface area is 123 Å². The highest BCUT2D eigenvalue weighted by Crippen LogP contribution is 2.58. The molecule has 1 aromatic carbocycles. The van der Waals surface area contributed by atoms with Gasteiger partial charge in [-0.1, -0.05) is 42.5 Å². The van der Waals surface area contributed by atoms with E-state index in [1.165, 1.54) is 0 Å². The van der Waals surface area contributed by atoms with Crippen LogP contribution < -0.4 is 0 Å². The molecule has 0 spiro atoms. The molecule has 3 nitrogen and oxygen atoms in total. The minimum Gasteiger partial charge on any atom is -0.366 e. The standard InChI is InChI=1S/C18H16O3/c1-9(19)13-14(10-5-3-2-4-6-10)18-16-12-8-7-11(20-12)15(16)17(13)21-18/h2-8,11-12,15-18H,1H3/t11-,12+,15+,16-,17-,18+/m0/s1. The maximum absolute atomic E-state index is 12.2. The Bertz CT molecular complexity index is 688. The molecule has 5 rings (SSSR count). The summed E-state index contributed by atoms with van der Waals surface area (Å²) in [4.78, 5) is 12.2. The molecule has 0 aliphatic carbocycles. The number of hydrogen-bond donors (Lipinski definition) is 0. The topological polar surface area (TPSA) is 35.5 Å². The summed E-state index contributed by atoms with van der Waals surface area (Å²) in [7, 11) is 0. The van der Waals surface area contributed by atoms with Gasteiger partial charge in [-0.3, -0.25) is 4.79 Å². The molecule has 3 heteroatoms. The van der Waals surface area contributed by atoms with Crippen LogP contribution in [0.3, 0.4) is 0 Å². The number of carbonyl (C=O) groups is 1. The van der Waals surface area contributed by atoms with Crippen LogP contribution in [0.2, 0.25) is 0 Å². The molecule has 0 radical (unpaired) electrons. The van der Waals surface area contributed by atoms with E-state index < -0.39 is 0 Å². The zero-order valence-electron chi connectivity index (χ0n) is 11.7. The maximum Gasteiger partial charge on any atom is 0.158 e. The number of hydrogen-bond acceptors (Lipinski definition) is 3. The molecule has 0 amide bonds. The summed E-state index contributed by atoms with van der Waals surface area (Å²) < 4.78 is 12.2. The van der Waals surface area contributed by atoms with Crippen molar-refractivity contribution in [3.63, 3.8) is 0 Å². The molecular weight excluding hydrogens is 264 g/mol. The highest BCUT2D eigenvalue weighted by Gasteiger charge is 2.64. The Morgan fingerprint density at radius 3 is 2.29 bits per heavy atom. The molecule has 21 heavy (non-hydrogen) atoms. The smallest absolute Gasteiger partial charge is 0.158 e. The van der Waals surface area contributed by atoms with E-state index in [1.54, 1.807) is 6.92 Å². The van der Waals surface area contributed by atoms with Gasteiger partial charge in [0.05, 0.1) is 24.4 Å². The van der Waals surface area contributed by atoms with Crippen molar-refractivity contribution in [2.24, 2.45) is 11.8 Å². The van der Waals surface area contributed by atoms with Crippen molar-refractivity contribution in [3.8, 4) is 0 Å². The fourth-order valence-corrected chi connectivity index (χ4v) is 4.61. The van der Waals surface area contributed by atoms with Crippen LogP contribution in [0.4, 0.5) is 0 Å². The minimum absolute atomic E-state index is 0.00116. The predicted octanol–water partition coefficient (Wildman–Crippen LogP) is 2.38. The van der Waals surface area contributed by atoms with Crippen LogP contribution in [-0.4, -0.2) is 30.2 Å². The van der Waals surface area contributed by atoms with Crippen LogP contribution >= 0.6 is 0 Å². The fourth-order valence-electron chi connectivity index (χ4n) is 4.61. The van der Waals surface area contributed by atoms with Crippen molar-refractivity contribution in [1.29, 1.82) is 0 Å². The number of Topliss-reactive ketones (excluding diaryl/α,β-unsaturated/α-hetero) is 1. The number of benzene rings is 1. The summed E-state index contributed by atoms with van der Waals surface area (Å²) in [6.45, 7) is 1.65. The molecule has 0 N–H and O–H groups in total. The van der Waals surface area contributed by atoms with E-state index in [4.69, 9.17) is 9.47 Å². The van der Waals surface area contributed by atoms with E-state index in [9.17, 15) is 4.79 Å². The highest BCUT2D eigenvalue weighted by molar-refractivity contribution is 6.04. The molecule has 4 aliphatic rings. The molecular formula is C18H16O3. The van der Waals surface area contributed by atoms with E-state index in [1.807, 2.05) is 18.2 Å². The van der Waals surface area contributed by atoms with Gasteiger partial charge in [0.1, 0.15) is 0 Å². The molecule has 1 aromatic rings. The molecule has 2 fully saturated rings. The zero-order chi connectivity index (χ0) is 14.1. The van der Waals surface area contributed by atoms with Gasteiger partial charge in [0.2, 0.25) is 0 Å². The number of fused-ring (bicyclic) bond motifs is 9. The van der Waals surface area contributed by atoms with Gasteiger partial charge >= 0.3 is 0 Å². The van der Waals surface area contributed by atoms with Crippen LogP contribution in [0.15, 0.2) is 48.1 Å². The second-order valence-electron chi connectivity index (χ2n) is 6.33. The van der Waals surface area contributed by atoms with Crippen LogP contribution in [0.25, 0.3) is 5.57 Å². The van der Waals surface area contributed by atoms with Gasteiger partial charge in [0, 0.05) is 17.4 Å². The SMILES string of the molecule is CC(=O)C1=C(c2ccccc2)[C@H]2O[C@@H]1[C@H]1[C@@H]2[C@H]2C=C[C@@H]1O2. The molecule has 0 saturated carbocycles. The molecule has 4 heterocycles. The largest absolute Gasteiger partial charge is 0.366 e. The van der Waals surface area contributed by atoms with Gasteiger partial charge in [0.15, 0.2) is 5.78 Å². The lowest BCUT2D eigenvalue weighted by molar-refractivity contribution is -0.114. The van der Waals surface area contributed by atoms with Crippen molar-refractivity contribution >= 4 is 11.4 Å². The average molecular weight is 280 g/mol. The summed E-state index contributed by atoms with van der Waals surface area (Å²) in [6, 6.07) is 10.2. The quantitative estimate of drug-likeness (QED) is 0.780. The first-order valence-electron chi connectivity index (χ1n) is 7.55. The summed E-state index contributed by atoms with van der Waals surface area (Å²) >= 11 is 0. The average Bonchev–Trinajstić information content (AvgIpc) is 3.24. The first-order valence-corrected chi connectivity index (χ1v) is 7.55. The normalized spacial score (nSPS) is 42.0. The lowest BCUT2D eigenvalue weighted by Crippen LogP contribution is -2.36. The number of ether oxygens (including phenoxy) is 2. The molecule has 0 aromatic heterocycles. The first kappa shape index (κ1) is 11.9. The summed E-state index contributed by atoms with van der Waals surface area (Å²) in [6.07, 6.45) is 4.49. The number of ketones is 1. The van der Waals surface area contributed by atoms with E-state index >= 15 is 0 Å². The molecule has 4 bridgehead atoms. The van der Waals surface area contributed by atoms with Gasteiger partial charge in [-0.2, -0.15) is 0 Å². The van der Waals surface area contributed by atoms with Crippen LogP contribution in [0, 0.1) is 11.8 Å². The lowest BCUT2D eigenvalue weighted by Gasteiger charge is -2.29. The van der Waals surface area contributed by atoms with Gasteiger partial charge in [-0.05, 0) is 18.1 Å². The molecule has 0 unspecified atom stereocenters. The van der Waals surface area contributed by atoms with Crippen LogP contribution in [0.1, 0.15) is 12.5 Å². The van der Waals surface area contributed by atoms with Gasteiger partial charge < -0.3 is 9.47 Å². The van der Waals surface area contributed by atoms with Crippen LogP contribution in [0.5, 0.6) is 0 Å². The summed E-state index contributed by atoms with van der Waals surface area (Å²) in [5.41, 5.74) is 3.08. The zero-order valence-corrected chi connectivity index (χ0v) is 11.7. The second kappa shape index (κ2) is 3.93. The third kappa shape index (κ3) is 1.38. The fraction of sp³-hybridized carbons (Fsp3) is 0.389. The van der Waals surface area contributed by atoms with E-state index in [2.05, 4.69) is 24.3 Å². The summed E-state index contributed by atoms with van der Waals surface area (Å²) in [5.74, 6) is 0.811. The molecule has 6 atom stereocenters. The van der Waals surface area contributed by atoms with Crippen molar-refractivity contribution in [1.82, 2.24) is 0 Å². The Morgan fingerprint density at radius 1 is 0.952 bits per heavy atom. The minimum atomic E-state index is -0.0901. The van der Waals surface area contributed by atoms with E-state index in [-0.39, 0.29) is 30.2 Å². The van der Waals surface area contributed by atoms with Crippen molar-refractivity contribution in [2.45, 2.75) is 31.3 Å². The van der Waals surface area contributed by atoms with Crippen molar-refractivity contribution < 1.29 is 14.3 Å². The molecule has 106 valence electrons. The Kier molecular flexibility index (Phi) is 2.23. The van der Waals surface area contributed by atoms with E-state index in [0.717, 1.165) is 16.7 Å². The van der Waals surface area contributed by atoms with Gasteiger partial charge in [0.25, 0.3) is 0 Å². The number of carbonyl (C=O) groups excluding carboxylic acids is 1. The highest BCUT2D eigenvalue weighted by atomic mass is 16.5. The molecule has 2 saturated heterocycles. The third-order valence-electron chi connectivity index (χ3n) is 5.32. The second-order valence-corrected chi connectivity index (χ2v) is 6.33. The summed E-state index contributed by atoms with van der Waals surface area (Å²) in [5, 5.41) is 0. The van der Waals surface area contributed by atoms with E-state index in [0.29, 0.717) is 11.8 Å². The Morgan fingerprint density at radius 2 is 1.62 bits per heavy atom. The van der Waals surface area contributed by atoms with Gasteiger partial charge in [-0.25, -0.2) is 0 Å². The Balaban J connectivity index is 1.68. The van der Waals surface area contributed by atoms with Crippen molar-refractivity contribution in [3.05, 3.63) is 53.6 Å². The monoisotopic (exact) mass is 280 g/mol. The van der Waals surface area contributed by atoms with Crippen molar-refractivity contribution in [2.75, 3.05) is 0 Å².